The highest BCUT2D eigenvalue weighted by molar-refractivity contribution is 6.53. The van der Waals surface area contributed by atoms with Crippen molar-refractivity contribution in [1.29, 1.82) is 0 Å². The molecule has 2 rings (SSSR count). The van der Waals surface area contributed by atoms with Crippen molar-refractivity contribution >= 4 is 23.0 Å². The summed E-state index contributed by atoms with van der Waals surface area (Å²) in [5.41, 5.74) is 1.06. The first-order valence-electron chi connectivity index (χ1n) is 5.71. The molecule has 0 spiro atoms. The standard InChI is InChI=1S/C14H13NO3/c1-8(2)15-14(18)11-7-12(16)13(17)10-6-4-3-5-9(10)11/h3-8H,1-2H3,(H,15,18). The largest absolute Gasteiger partial charge is 0.350 e. The van der Waals surface area contributed by atoms with Gasteiger partial charge in [0.15, 0.2) is 0 Å². The van der Waals surface area contributed by atoms with Crippen LogP contribution in [0.5, 0.6) is 0 Å². The van der Waals surface area contributed by atoms with Crippen LogP contribution in [0.1, 0.15) is 29.8 Å². The van der Waals surface area contributed by atoms with Crippen LogP contribution in [0.15, 0.2) is 30.3 Å². The summed E-state index contributed by atoms with van der Waals surface area (Å²) in [7, 11) is 0. The third kappa shape index (κ3) is 2.09. The number of Topliss-reactive ketones (excluding diaryl/α,β-unsaturated/α-hetero) is 1. The number of hydrogen-bond donors (Lipinski definition) is 1. The van der Waals surface area contributed by atoms with E-state index in [2.05, 4.69) is 5.32 Å². The van der Waals surface area contributed by atoms with Gasteiger partial charge in [-0.05, 0) is 19.4 Å². The SMILES string of the molecule is CC(C)NC(=O)C1=CC(=O)C(=O)c2ccccc21. The lowest BCUT2D eigenvalue weighted by Gasteiger charge is -2.17. The Labute approximate surface area is 105 Å². The zero-order chi connectivity index (χ0) is 13.3. The molecule has 0 radical (unpaired) electrons. The fraction of sp³-hybridized carbons (Fsp3) is 0.214. The summed E-state index contributed by atoms with van der Waals surface area (Å²) in [6.07, 6.45) is 1.11. The van der Waals surface area contributed by atoms with Gasteiger partial charge < -0.3 is 5.32 Å². The van der Waals surface area contributed by atoms with Crippen molar-refractivity contribution in [2.24, 2.45) is 0 Å². The number of allylic oxidation sites excluding steroid dienone is 1. The van der Waals surface area contributed by atoms with E-state index in [1.165, 1.54) is 0 Å². The number of rotatable bonds is 2. The zero-order valence-corrected chi connectivity index (χ0v) is 10.2. The van der Waals surface area contributed by atoms with Crippen LogP contribution in [-0.2, 0) is 9.59 Å². The summed E-state index contributed by atoms with van der Waals surface area (Å²) in [4.78, 5) is 35.2. The molecule has 0 saturated heterocycles. The van der Waals surface area contributed by atoms with Gasteiger partial charge in [-0.3, -0.25) is 14.4 Å². The van der Waals surface area contributed by atoms with Gasteiger partial charge in [0.25, 0.3) is 5.91 Å². The molecule has 1 aliphatic rings. The van der Waals surface area contributed by atoms with Crippen molar-refractivity contribution in [1.82, 2.24) is 5.32 Å². The lowest BCUT2D eigenvalue weighted by atomic mass is 9.89. The van der Waals surface area contributed by atoms with Crippen molar-refractivity contribution in [2.45, 2.75) is 19.9 Å². The number of carbonyl (C=O) groups is 3. The summed E-state index contributed by atoms with van der Waals surface area (Å²) in [5.74, 6) is -1.55. The van der Waals surface area contributed by atoms with Gasteiger partial charge in [-0.15, -0.1) is 0 Å². The molecule has 0 aromatic heterocycles. The van der Waals surface area contributed by atoms with Gasteiger partial charge in [-0.2, -0.15) is 0 Å². The minimum Gasteiger partial charge on any atom is -0.350 e. The number of fused-ring (bicyclic) bond motifs is 1. The zero-order valence-electron chi connectivity index (χ0n) is 10.2. The molecule has 4 heteroatoms. The van der Waals surface area contributed by atoms with E-state index < -0.39 is 11.6 Å². The molecule has 0 saturated carbocycles. The molecule has 0 heterocycles. The molecule has 0 unspecified atom stereocenters. The van der Waals surface area contributed by atoms with Gasteiger partial charge in [0.1, 0.15) is 0 Å². The maximum atomic E-state index is 12.0. The highest BCUT2D eigenvalue weighted by Crippen LogP contribution is 2.25. The van der Waals surface area contributed by atoms with Crippen molar-refractivity contribution in [2.75, 3.05) is 0 Å². The normalized spacial score (nSPS) is 14.3. The number of benzene rings is 1. The lowest BCUT2D eigenvalue weighted by molar-refractivity contribution is -0.116. The van der Waals surface area contributed by atoms with Crippen LogP contribution in [0.3, 0.4) is 0 Å². The average molecular weight is 243 g/mol. The van der Waals surface area contributed by atoms with Crippen molar-refractivity contribution < 1.29 is 14.4 Å². The Bertz CT molecular complexity index is 570. The molecule has 1 aromatic rings. The van der Waals surface area contributed by atoms with E-state index in [1.807, 2.05) is 13.8 Å². The smallest absolute Gasteiger partial charge is 0.252 e. The van der Waals surface area contributed by atoms with E-state index in [0.717, 1.165) is 6.08 Å². The maximum absolute atomic E-state index is 12.0. The molecule has 0 aliphatic heterocycles. The Kier molecular flexibility index (Phi) is 3.10. The Balaban J connectivity index is 2.48. The highest BCUT2D eigenvalue weighted by atomic mass is 16.2. The van der Waals surface area contributed by atoms with E-state index in [4.69, 9.17) is 0 Å². The number of hydrogen-bond acceptors (Lipinski definition) is 3. The van der Waals surface area contributed by atoms with Crippen LogP contribution in [0, 0.1) is 0 Å². The summed E-state index contributed by atoms with van der Waals surface area (Å²) in [6.45, 7) is 3.67. The topological polar surface area (TPSA) is 63.2 Å². The molecule has 0 bridgehead atoms. The summed E-state index contributed by atoms with van der Waals surface area (Å²) in [6, 6.07) is 6.61. The van der Waals surface area contributed by atoms with Crippen LogP contribution >= 0.6 is 0 Å². The van der Waals surface area contributed by atoms with E-state index >= 15 is 0 Å². The van der Waals surface area contributed by atoms with Gasteiger partial charge in [0.2, 0.25) is 11.6 Å². The Morgan fingerprint density at radius 1 is 1.11 bits per heavy atom. The Hall–Kier alpha value is -2.23. The van der Waals surface area contributed by atoms with Gasteiger partial charge in [0, 0.05) is 17.7 Å². The molecule has 0 atom stereocenters. The fourth-order valence-electron chi connectivity index (χ4n) is 1.85. The Morgan fingerprint density at radius 2 is 1.72 bits per heavy atom. The van der Waals surface area contributed by atoms with Crippen LogP contribution in [0.2, 0.25) is 0 Å². The van der Waals surface area contributed by atoms with Crippen LogP contribution in [0.4, 0.5) is 0 Å². The third-order valence-corrected chi connectivity index (χ3v) is 2.63. The van der Waals surface area contributed by atoms with E-state index in [1.54, 1.807) is 24.3 Å². The number of nitrogens with one attached hydrogen (secondary N) is 1. The molecule has 1 amide bonds. The van der Waals surface area contributed by atoms with Crippen LogP contribution < -0.4 is 5.32 Å². The van der Waals surface area contributed by atoms with Gasteiger partial charge in [-0.1, -0.05) is 24.3 Å². The molecular formula is C14H13NO3. The van der Waals surface area contributed by atoms with Crippen LogP contribution in [0.25, 0.3) is 5.57 Å². The molecule has 0 fully saturated rings. The van der Waals surface area contributed by atoms with Gasteiger partial charge >= 0.3 is 0 Å². The number of ketones is 2. The van der Waals surface area contributed by atoms with E-state index in [-0.39, 0.29) is 17.5 Å². The summed E-state index contributed by atoms with van der Waals surface area (Å²) >= 11 is 0. The first-order chi connectivity index (χ1) is 8.50. The number of amides is 1. The first kappa shape index (κ1) is 12.2. The predicted molar refractivity (Wildman–Crippen MR) is 67.0 cm³/mol. The molecule has 1 aliphatic carbocycles. The van der Waals surface area contributed by atoms with Crippen molar-refractivity contribution in [3.05, 3.63) is 41.5 Å². The summed E-state index contributed by atoms with van der Waals surface area (Å²) in [5, 5.41) is 2.72. The second-order valence-electron chi connectivity index (χ2n) is 4.43. The minimum atomic E-state index is -0.650. The third-order valence-electron chi connectivity index (χ3n) is 2.63. The monoisotopic (exact) mass is 243 g/mol. The molecular weight excluding hydrogens is 230 g/mol. The Morgan fingerprint density at radius 3 is 2.33 bits per heavy atom. The molecule has 4 nitrogen and oxygen atoms in total. The minimum absolute atomic E-state index is 0.0294. The highest BCUT2D eigenvalue weighted by Gasteiger charge is 2.28. The maximum Gasteiger partial charge on any atom is 0.252 e. The van der Waals surface area contributed by atoms with E-state index in [9.17, 15) is 14.4 Å². The molecule has 92 valence electrons. The van der Waals surface area contributed by atoms with Crippen molar-refractivity contribution in [3.8, 4) is 0 Å². The molecule has 18 heavy (non-hydrogen) atoms. The van der Waals surface area contributed by atoms with Gasteiger partial charge in [-0.25, -0.2) is 0 Å². The van der Waals surface area contributed by atoms with E-state index in [0.29, 0.717) is 11.1 Å². The first-order valence-corrected chi connectivity index (χ1v) is 5.71. The lowest BCUT2D eigenvalue weighted by Crippen LogP contribution is -2.33. The average Bonchev–Trinajstić information content (AvgIpc) is 2.33. The molecule has 1 aromatic carbocycles. The van der Waals surface area contributed by atoms with Crippen molar-refractivity contribution in [3.63, 3.8) is 0 Å². The van der Waals surface area contributed by atoms with Crippen LogP contribution in [-0.4, -0.2) is 23.5 Å². The quantitative estimate of drug-likeness (QED) is 0.798. The predicted octanol–water partition coefficient (Wildman–Crippen LogP) is 1.36. The molecule has 1 N–H and O–H groups in total. The van der Waals surface area contributed by atoms with Gasteiger partial charge in [0.05, 0.1) is 5.57 Å². The fourth-order valence-corrected chi connectivity index (χ4v) is 1.85. The number of carbonyl (C=O) groups excluding carboxylic acids is 3. The second-order valence-corrected chi connectivity index (χ2v) is 4.43. The summed E-state index contributed by atoms with van der Waals surface area (Å²) < 4.78 is 0. The second kappa shape index (κ2) is 4.56.